The van der Waals surface area contributed by atoms with E-state index >= 15 is 0 Å². The number of methoxy groups -OCH3 is 1. The molecule has 0 saturated carbocycles. The van der Waals surface area contributed by atoms with Crippen molar-refractivity contribution in [3.63, 3.8) is 0 Å². The molecule has 0 unspecified atom stereocenters. The molecule has 162 valence electrons. The fourth-order valence-electron chi connectivity index (χ4n) is 4.16. The normalized spacial score (nSPS) is 22.9. The van der Waals surface area contributed by atoms with Gasteiger partial charge in [0.25, 0.3) is 0 Å². The number of ether oxygens (including phenoxy) is 3. The van der Waals surface area contributed by atoms with Crippen LogP contribution in [0.25, 0.3) is 0 Å². The van der Waals surface area contributed by atoms with Gasteiger partial charge in [0.05, 0.1) is 13.7 Å². The number of fused-ring (bicyclic) bond motifs is 1. The van der Waals surface area contributed by atoms with Crippen LogP contribution < -0.4 is 14.2 Å². The molecular formula is C23H29NO5S. The minimum atomic E-state index is -3.53. The maximum Gasteiger partial charge on any atom is 0.188 e. The van der Waals surface area contributed by atoms with Crippen molar-refractivity contribution in [2.75, 3.05) is 33.4 Å². The minimum absolute atomic E-state index is 0.184. The number of likely N-dealkylation sites (tertiary alicyclic amines) is 1. The molecule has 0 amide bonds. The second kappa shape index (κ2) is 8.86. The molecular weight excluding hydrogens is 402 g/mol. The SMILES string of the molecule is COc1cccc2c1O[C@@H](c1ccc(OCCCN3CCCC3)cc1)[C@@H](C)S2(=O)=O. The number of benzene rings is 2. The lowest BCUT2D eigenvalue weighted by Crippen LogP contribution is -2.34. The monoisotopic (exact) mass is 431 g/mol. The number of para-hydroxylation sites is 1. The Balaban J connectivity index is 1.44. The number of rotatable bonds is 7. The smallest absolute Gasteiger partial charge is 0.188 e. The zero-order valence-electron chi connectivity index (χ0n) is 17.5. The summed E-state index contributed by atoms with van der Waals surface area (Å²) in [7, 11) is -2.02. The molecule has 0 bridgehead atoms. The number of sulfone groups is 1. The predicted molar refractivity (Wildman–Crippen MR) is 115 cm³/mol. The van der Waals surface area contributed by atoms with Gasteiger partial charge in [-0.2, -0.15) is 0 Å². The van der Waals surface area contributed by atoms with Gasteiger partial charge >= 0.3 is 0 Å². The lowest BCUT2D eigenvalue weighted by atomic mass is 10.1. The van der Waals surface area contributed by atoms with E-state index in [2.05, 4.69) is 4.90 Å². The molecule has 1 saturated heterocycles. The molecule has 0 aliphatic carbocycles. The van der Waals surface area contributed by atoms with E-state index < -0.39 is 21.2 Å². The Kier molecular flexibility index (Phi) is 6.20. The lowest BCUT2D eigenvalue weighted by Gasteiger charge is -2.32. The fourth-order valence-corrected chi connectivity index (χ4v) is 5.77. The van der Waals surface area contributed by atoms with Crippen LogP contribution in [0.4, 0.5) is 0 Å². The summed E-state index contributed by atoms with van der Waals surface area (Å²) >= 11 is 0. The van der Waals surface area contributed by atoms with E-state index in [0.29, 0.717) is 12.4 Å². The van der Waals surface area contributed by atoms with Gasteiger partial charge in [-0.25, -0.2) is 8.42 Å². The highest BCUT2D eigenvalue weighted by Crippen LogP contribution is 2.45. The number of hydrogen-bond donors (Lipinski definition) is 0. The van der Waals surface area contributed by atoms with Crippen molar-refractivity contribution >= 4 is 9.84 Å². The first-order valence-electron chi connectivity index (χ1n) is 10.5. The maximum atomic E-state index is 13.0. The summed E-state index contributed by atoms with van der Waals surface area (Å²) in [6, 6.07) is 12.5. The molecule has 2 aromatic rings. The average molecular weight is 432 g/mol. The van der Waals surface area contributed by atoms with Crippen LogP contribution in [-0.2, 0) is 9.84 Å². The van der Waals surface area contributed by atoms with Gasteiger partial charge in [-0.05, 0) is 69.1 Å². The highest BCUT2D eigenvalue weighted by Gasteiger charge is 2.41. The maximum absolute atomic E-state index is 13.0. The van der Waals surface area contributed by atoms with Crippen molar-refractivity contribution in [2.45, 2.75) is 42.4 Å². The van der Waals surface area contributed by atoms with Crippen molar-refractivity contribution in [3.8, 4) is 17.2 Å². The Morgan fingerprint density at radius 1 is 1.10 bits per heavy atom. The van der Waals surface area contributed by atoms with E-state index in [1.165, 1.54) is 33.0 Å². The van der Waals surface area contributed by atoms with E-state index in [4.69, 9.17) is 14.2 Å². The molecule has 0 spiro atoms. The van der Waals surface area contributed by atoms with Gasteiger partial charge in [-0.1, -0.05) is 18.2 Å². The van der Waals surface area contributed by atoms with Crippen LogP contribution >= 0.6 is 0 Å². The van der Waals surface area contributed by atoms with Crippen LogP contribution in [0.1, 0.15) is 37.9 Å². The summed E-state index contributed by atoms with van der Waals surface area (Å²) in [6.45, 7) is 5.83. The molecule has 1 fully saturated rings. The standard InChI is InChI=1S/C23H29NO5S/c1-17-22(29-23-20(27-2)7-5-8-21(23)30(17,25)26)18-9-11-19(12-10-18)28-16-6-15-24-13-3-4-14-24/h5,7-12,17,22H,3-4,6,13-16H2,1-2H3/t17-,22-/m1/s1. The second-order valence-electron chi connectivity index (χ2n) is 7.90. The van der Waals surface area contributed by atoms with E-state index in [0.717, 1.165) is 24.3 Å². The molecule has 2 aliphatic rings. The van der Waals surface area contributed by atoms with Gasteiger partial charge < -0.3 is 19.1 Å². The molecule has 0 radical (unpaired) electrons. The quantitative estimate of drug-likeness (QED) is 0.621. The van der Waals surface area contributed by atoms with Crippen molar-refractivity contribution in [3.05, 3.63) is 48.0 Å². The van der Waals surface area contributed by atoms with Crippen molar-refractivity contribution in [1.29, 1.82) is 0 Å². The van der Waals surface area contributed by atoms with E-state index in [-0.39, 0.29) is 10.6 Å². The highest BCUT2D eigenvalue weighted by molar-refractivity contribution is 7.92. The first kappa shape index (κ1) is 21.0. The second-order valence-corrected chi connectivity index (χ2v) is 10.2. The zero-order valence-corrected chi connectivity index (χ0v) is 18.4. The minimum Gasteiger partial charge on any atom is -0.494 e. The number of hydrogen-bond acceptors (Lipinski definition) is 6. The van der Waals surface area contributed by atoms with Gasteiger partial charge in [-0.3, -0.25) is 0 Å². The average Bonchev–Trinajstić information content (AvgIpc) is 3.28. The molecule has 2 aliphatic heterocycles. The molecule has 4 rings (SSSR count). The van der Waals surface area contributed by atoms with Gasteiger partial charge in [-0.15, -0.1) is 0 Å². The third-order valence-electron chi connectivity index (χ3n) is 5.92. The summed E-state index contributed by atoms with van der Waals surface area (Å²) in [5.41, 5.74) is 0.798. The van der Waals surface area contributed by atoms with E-state index in [1.54, 1.807) is 25.1 Å². The van der Waals surface area contributed by atoms with Crippen molar-refractivity contribution < 1.29 is 22.6 Å². The molecule has 30 heavy (non-hydrogen) atoms. The van der Waals surface area contributed by atoms with Crippen LogP contribution in [0.3, 0.4) is 0 Å². The van der Waals surface area contributed by atoms with Crippen LogP contribution in [0.2, 0.25) is 0 Å². The molecule has 2 heterocycles. The fraction of sp³-hybridized carbons (Fsp3) is 0.478. The lowest BCUT2D eigenvalue weighted by molar-refractivity contribution is 0.180. The molecule has 2 aromatic carbocycles. The number of nitrogens with zero attached hydrogens (tertiary/aromatic N) is 1. The Bertz CT molecular complexity index is 968. The zero-order chi connectivity index (χ0) is 21.1. The van der Waals surface area contributed by atoms with Gasteiger partial charge in [0.1, 0.15) is 22.0 Å². The van der Waals surface area contributed by atoms with E-state index in [9.17, 15) is 8.42 Å². The van der Waals surface area contributed by atoms with Crippen molar-refractivity contribution in [1.82, 2.24) is 4.90 Å². The molecule has 2 atom stereocenters. The third-order valence-corrected chi connectivity index (χ3v) is 8.09. The molecule has 0 aromatic heterocycles. The summed E-state index contributed by atoms with van der Waals surface area (Å²) in [6.07, 6.45) is 2.99. The summed E-state index contributed by atoms with van der Waals surface area (Å²) in [4.78, 5) is 2.66. The van der Waals surface area contributed by atoms with Gasteiger partial charge in [0, 0.05) is 6.54 Å². The molecule has 7 heteroatoms. The van der Waals surface area contributed by atoms with Gasteiger partial charge in [0.2, 0.25) is 0 Å². The summed E-state index contributed by atoms with van der Waals surface area (Å²) in [5, 5.41) is -0.704. The van der Waals surface area contributed by atoms with E-state index in [1.807, 2.05) is 24.3 Å². The first-order chi connectivity index (χ1) is 14.5. The molecule has 0 N–H and O–H groups in total. The first-order valence-corrected chi connectivity index (χ1v) is 12.1. The van der Waals surface area contributed by atoms with Crippen LogP contribution in [0.5, 0.6) is 17.2 Å². The Hall–Kier alpha value is -2.25. The third kappa shape index (κ3) is 4.14. The summed E-state index contributed by atoms with van der Waals surface area (Å²) in [5.74, 6) is 1.49. The van der Waals surface area contributed by atoms with Crippen LogP contribution in [0.15, 0.2) is 47.4 Å². The Morgan fingerprint density at radius 3 is 2.53 bits per heavy atom. The Labute approximate surface area is 178 Å². The summed E-state index contributed by atoms with van der Waals surface area (Å²) < 4.78 is 43.4. The van der Waals surface area contributed by atoms with Crippen LogP contribution in [0, 0.1) is 0 Å². The molecule has 6 nitrogen and oxygen atoms in total. The Morgan fingerprint density at radius 2 is 1.83 bits per heavy atom. The van der Waals surface area contributed by atoms with Gasteiger partial charge in [0.15, 0.2) is 21.3 Å². The van der Waals surface area contributed by atoms with Crippen molar-refractivity contribution in [2.24, 2.45) is 0 Å². The topological polar surface area (TPSA) is 65.1 Å². The van der Waals surface area contributed by atoms with Crippen LogP contribution in [-0.4, -0.2) is 51.9 Å². The predicted octanol–water partition coefficient (Wildman–Crippen LogP) is 3.86. The highest BCUT2D eigenvalue weighted by atomic mass is 32.2. The largest absolute Gasteiger partial charge is 0.494 e.